The fourth-order valence-electron chi connectivity index (χ4n) is 3.74. The number of carbonyl (C=O) groups excluding carboxylic acids is 1. The summed E-state index contributed by atoms with van der Waals surface area (Å²) in [5, 5.41) is 3.20. The second kappa shape index (κ2) is 5.70. The summed E-state index contributed by atoms with van der Waals surface area (Å²) in [7, 11) is 3.93. The van der Waals surface area contributed by atoms with Gasteiger partial charge in [0.1, 0.15) is 0 Å². The van der Waals surface area contributed by atoms with Gasteiger partial charge in [0, 0.05) is 20.1 Å². The Hall–Kier alpha value is -0.770. The van der Waals surface area contributed by atoms with Gasteiger partial charge in [-0.1, -0.05) is 19.3 Å². The van der Waals surface area contributed by atoms with E-state index in [1.165, 1.54) is 32.1 Å². The van der Waals surface area contributed by atoms with Crippen LogP contribution in [0.25, 0.3) is 0 Å². The van der Waals surface area contributed by atoms with E-state index in [9.17, 15) is 4.79 Å². The summed E-state index contributed by atoms with van der Waals surface area (Å²) < 4.78 is 0. The molecule has 1 heterocycles. The van der Waals surface area contributed by atoms with Crippen molar-refractivity contribution in [2.75, 3.05) is 27.2 Å². The molecule has 0 aromatic rings. The smallest absolute Gasteiger partial charge is 0.320 e. The van der Waals surface area contributed by atoms with E-state index < -0.39 is 0 Å². The zero-order valence-corrected chi connectivity index (χ0v) is 12.9. The number of nitrogens with one attached hydrogen (secondary N) is 1. The monoisotopic (exact) mass is 267 g/mol. The highest BCUT2D eigenvalue weighted by Crippen LogP contribution is 2.34. The van der Waals surface area contributed by atoms with Gasteiger partial charge in [0.15, 0.2) is 0 Å². The van der Waals surface area contributed by atoms with E-state index in [1.807, 2.05) is 19.0 Å². The van der Waals surface area contributed by atoms with Gasteiger partial charge in [0.25, 0.3) is 0 Å². The van der Waals surface area contributed by atoms with Crippen molar-refractivity contribution in [1.82, 2.24) is 15.1 Å². The van der Waals surface area contributed by atoms with Crippen LogP contribution in [0.3, 0.4) is 0 Å². The van der Waals surface area contributed by atoms with Crippen molar-refractivity contribution in [2.24, 2.45) is 5.92 Å². The Bertz CT molecular complexity index is 323. The molecule has 19 heavy (non-hydrogen) atoms. The quantitative estimate of drug-likeness (QED) is 0.848. The number of likely N-dealkylation sites (N-methyl/N-ethyl adjacent to an activating group) is 2. The molecule has 110 valence electrons. The normalized spacial score (nSPS) is 26.3. The van der Waals surface area contributed by atoms with E-state index in [-0.39, 0.29) is 11.6 Å². The van der Waals surface area contributed by atoms with Crippen LogP contribution in [-0.4, -0.2) is 54.6 Å². The Balaban J connectivity index is 2.07. The van der Waals surface area contributed by atoms with E-state index in [4.69, 9.17) is 0 Å². The standard InChI is InChI=1S/C15H29N3O/c1-15(2,11-16-3)18-10-13(17(4)14(18)19)12-8-6-5-7-9-12/h12-13,16H,5-11H2,1-4H3. The summed E-state index contributed by atoms with van der Waals surface area (Å²) in [6.07, 6.45) is 6.63. The number of rotatable bonds is 4. The van der Waals surface area contributed by atoms with Crippen molar-refractivity contribution in [2.45, 2.75) is 57.5 Å². The van der Waals surface area contributed by atoms with E-state index in [0.29, 0.717) is 12.0 Å². The summed E-state index contributed by atoms with van der Waals surface area (Å²) in [4.78, 5) is 16.6. The zero-order chi connectivity index (χ0) is 14.0. The van der Waals surface area contributed by atoms with E-state index in [1.54, 1.807) is 0 Å². The van der Waals surface area contributed by atoms with Gasteiger partial charge in [-0.3, -0.25) is 0 Å². The molecular formula is C15H29N3O. The molecular weight excluding hydrogens is 238 g/mol. The molecule has 1 aliphatic carbocycles. The molecule has 2 fully saturated rings. The lowest BCUT2D eigenvalue weighted by atomic mass is 9.83. The fraction of sp³-hybridized carbons (Fsp3) is 0.933. The first-order valence-corrected chi connectivity index (χ1v) is 7.66. The van der Waals surface area contributed by atoms with Crippen LogP contribution in [0.2, 0.25) is 0 Å². The molecule has 0 aromatic heterocycles. The van der Waals surface area contributed by atoms with Gasteiger partial charge in [0.2, 0.25) is 0 Å². The third-order valence-corrected chi connectivity index (χ3v) is 4.93. The Morgan fingerprint density at radius 1 is 1.26 bits per heavy atom. The number of carbonyl (C=O) groups is 1. The Labute approximate surface area is 117 Å². The number of urea groups is 1. The summed E-state index contributed by atoms with van der Waals surface area (Å²) in [5.74, 6) is 0.707. The first kappa shape index (κ1) is 14.6. The minimum atomic E-state index is -0.108. The summed E-state index contributed by atoms with van der Waals surface area (Å²) >= 11 is 0. The topological polar surface area (TPSA) is 35.6 Å². The van der Waals surface area contributed by atoms with Crippen LogP contribution in [0, 0.1) is 5.92 Å². The van der Waals surface area contributed by atoms with Crippen molar-refractivity contribution in [3.05, 3.63) is 0 Å². The van der Waals surface area contributed by atoms with Gasteiger partial charge >= 0.3 is 6.03 Å². The van der Waals surface area contributed by atoms with Crippen LogP contribution in [0.15, 0.2) is 0 Å². The minimum absolute atomic E-state index is 0.108. The third-order valence-electron chi connectivity index (χ3n) is 4.93. The van der Waals surface area contributed by atoms with E-state index >= 15 is 0 Å². The maximum Gasteiger partial charge on any atom is 0.320 e. The van der Waals surface area contributed by atoms with Gasteiger partial charge in [-0.25, -0.2) is 4.79 Å². The Morgan fingerprint density at radius 3 is 2.47 bits per heavy atom. The number of nitrogens with zero attached hydrogens (tertiary/aromatic N) is 2. The van der Waals surface area contributed by atoms with E-state index in [2.05, 4.69) is 24.1 Å². The lowest BCUT2D eigenvalue weighted by molar-refractivity contribution is 0.149. The molecule has 4 heteroatoms. The van der Waals surface area contributed by atoms with Gasteiger partial charge in [-0.15, -0.1) is 0 Å². The maximum atomic E-state index is 12.5. The lowest BCUT2D eigenvalue weighted by Gasteiger charge is -2.35. The SMILES string of the molecule is CNCC(C)(C)N1CC(C2CCCCC2)N(C)C1=O. The predicted molar refractivity (Wildman–Crippen MR) is 78.2 cm³/mol. The van der Waals surface area contributed by atoms with Gasteiger partial charge in [-0.2, -0.15) is 0 Å². The molecule has 1 N–H and O–H groups in total. The van der Waals surface area contributed by atoms with Crippen LogP contribution in [-0.2, 0) is 0 Å². The van der Waals surface area contributed by atoms with Gasteiger partial charge in [0.05, 0.1) is 11.6 Å². The molecule has 1 saturated heterocycles. The lowest BCUT2D eigenvalue weighted by Crippen LogP contribution is -2.51. The molecule has 0 spiro atoms. The summed E-state index contributed by atoms with van der Waals surface area (Å²) in [5.41, 5.74) is -0.108. The average Bonchev–Trinajstić information content (AvgIpc) is 2.68. The first-order valence-electron chi connectivity index (χ1n) is 7.66. The van der Waals surface area contributed by atoms with Crippen molar-refractivity contribution in [1.29, 1.82) is 0 Å². The number of hydrogen-bond donors (Lipinski definition) is 1. The largest absolute Gasteiger partial charge is 0.323 e. The molecule has 0 aromatic carbocycles. The summed E-state index contributed by atoms with van der Waals surface area (Å²) in [6.45, 7) is 6.04. The molecule has 0 radical (unpaired) electrons. The molecule has 2 aliphatic rings. The van der Waals surface area contributed by atoms with Crippen LogP contribution in [0.5, 0.6) is 0 Å². The molecule has 4 nitrogen and oxygen atoms in total. The van der Waals surface area contributed by atoms with Crippen LogP contribution in [0.4, 0.5) is 4.79 Å². The Kier molecular flexibility index (Phi) is 4.39. The molecule has 2 amide bonds. The second-order valence-electron chi connectivity index (χ2n) is 6.81. The highest BCUT2D eigenvalue weighted by Gasteiger charge is 2.44. The third kappa shape index (κ3) is 2.88. The van der Waals surface area contributed by atoms with Gasteiger partial charge < -0.3 is 15.1 Å². The number of hydrogen-bond acceptors (Lipinski definition) is 2. The Morgan fingerprint density at radius 2 is 1.89 bits per heavy atom. The second-order valence-corrected chi connectivity index (χ2v) is 6.81. The van der Waals surface area contributed by atoms with Crippen molar-refractivity contribution in [3.63, 3.8) is 0 Å². The van der Waals surface area contributed by atoms with Gasteiger partial charge in [-0.05, 0) is 39.7 Å². The van der Waals surface area contributed by atoms with Crippen molar-refractivity contribution in [3.8, 4) is 0 Å². The molecule has 1 atom stereocenters. The molecule has 0 bridgehead atoms. The fourth-order valence-corrected chi connectivity index (χ4v) is 3.74. The number of amides is 2. The molecule has 2 rings (SSSR count). The molecule has 1 saturated carbocycles. The molecule has 1 unspecified atom stereocenters. The summed E-state index contributed by atoms with van der Waals surface area (Å²) in [6, 6.07) is 0.625. The van der Waals surface area contributed by atoms with Crippen molar-refractivity contribution >= 4 is 6.03 Å². The zero-order valence-electron chi connectivity index (χ0n) is 12.9. The van der Waals surface area contributed by atoms with Crippen LogP contribution in [0.1, 0.15) is 46.0 Å². The first-order chi connectivity index (χ1) is 8.97. The minimum Gasteiger partial charge on any atom is -0.323 e. The molecule has 1 aliphatic heterocycles. The maximum absolute atomic E-state index is 12.5. The average molecular weight is 267 g/mol. The predicted octanol–water partition coefficient (Wildman–Crippen LogP) is 2.30. The van der Waals surface area contributed by atoms with E-state index in [0.717, 1.165) is 13.1 Å². The highest BCUT2D eigenvalue weighted by atomic mass is 16.2. The van der Waals surface area contributed by atoms with Crippen molar-refractivity contribution < 1.29 is 4.79 Å². The highest BCUT2D eigenvalue weighted by molar-refractivity contribution is 5.77. The van der Waals surface area contributed by atoms with Crippen LogP contribution >= 0.6 is 0 Å². The van der Waals surface area contributed by atoms with Crippen LogP contribution < -0.4 is 5.32 Å².